The molecule has 36 heavy (non-hydrogen) atoms. The maximum absolute atomic E-state index is 14.2. The van der Waals surface area contributed by atoms with Gasteiger partial charge in [0.15, 0.2) is 11.6 Å². The SMILES string of the molecule is CC1C(=O)C(C#N)=CC2(C)C3=CC(=O)C4C5CC(C)(C)CCC5(NSC5CC5)CCC4C3(C)CCC12. The van der Waals surface area contributed by atoms with Crippen LogP contribution in [0, 0.1) is 57.2 Å². The Morgan fingerprint density at radius 2 is 1.69 bits per heavy atom. The first-order valence-corrected chi connectivity index (χ1v) is 15.2. The number of rotatable bonds is 3. The Labute approximate surface area is 221 Å². The van der Waals surface area contributed by atoms with E-state index in [9.17, 15) is 14.9 Å². The molecule has 1 N–H and O–H groups in total. The largest absolute Gasteiger partial charge is 0.295 e. The smallest absolute Gasteiger partial charge is 0.176 e. The number of allylic oxidation sites excluding steroid dienone is 4. The first-order chi connectivity index (χ1) is 16.9. The number of nitrogens with one attached hydrogen (secondary N) is 1. The first-order valence-electron chi connectivity index (χ1n) is 14.3. The van der Waals surface area contributed by atoms with Crippen molar-refractivity contribution in [1.29, 1.82) is 5.26 Å². The third-order valence-corrected chi connectivity index (χ3v) is 13.0. The third-order valence-electron chi connectivity index (χ3n) is 11.7. The lowest BCUT2D eigenvalue weighted by Crippen LogP contribution is -2.64. The van der Waals surface area contributed by atoms with E-state index < -0.39 is 5.41 Å². The number of Topliss-reactive ketones (excluding diaryl/α,β-unsaturated/α-hetero) is 1. The summed E-state index contributed by atoms with van der Waals surface area (Å²) in [7, 11) is 0. The molecule has 8 unspecified atom stereocenters. The molecule has 0 aromatic carbocycles. The molecule has 0 aromatic heterocycles. The Morgan fingerprint density at radius 3 is 2.39 bits per heavy atom. The van der Waals surface area contributed by atoms with Crippen LogP contribution in [-0.2, 0) is 9.59 Å². The van der Waals surface area contributed by atoms with Crippen LogP contribution in [0.4, 0.5) is 0 Å². The zero-order valence-electron chi connectivity index (χ0n) is 22.7. The lowest BCUT2D eigenvalue weighted by Gasteiger charge is -2.64. The molecule has 0 saturated heterocycles. The number of carbonyl (C=O) groups is 2. The third kappa shape index (κ3) is 3.49. The second-order valence-corrected chi connectivity index (χ2v) is 15.5. The summed E-state index contributed by atoms with van der Waals surface area (Å²) in [6.45, 7) is 11.4. The fourth-order valence-corrected chi connectivity index (χ4v) is 10.6. The fraction of sp³-hybridized carbons (Fsp3) is 0.774. The number of ketones is 2. The molecule has 5 heteroatoms. The van der Waals surface area contributed by atoms with Crippen molar-refractivity contribution in [2.24, 2.45) is 45.8 Å². The molecule has 0 bridgehead atoms. The van der Waals surface area contributed by atoms with Crippen LogP contribution >= 0.6 is 11.9 Å². The average Bonchev–Trinajstić information content (AvgIpc) is 3.66. The highest BCUT2D eigenvalue weighted by Crippen LogP contribution is 2.68. The normalized spacial score (nSPS) is 47.4. The van der Waals surface area contributed by atoms with Gasteiger partial charge in [-0.1, -0.05) is 58.2 Å². The molecule has 6 aliphatic carbocycles. The van der Waals surface area contributed by atoms with E-state index in [2.05, 4.69) is 38.5 Å². The van der Waals surface area contributed by atoms with Crippen molar-refractivity contribution in [3.63, 3.8) is 0 Å². The van der Waals surface area contributed by atoms with Crippen LogP contribution in [-0.4, -0.2) is 22.4 Å². The Bertz CT molecular complexity index is 1110. The van der Waals surface area contributed by atoms with E-state index in [4.69, 9.17) is 0 Å². The first kappa shape index (κ1) is 24.9. The number of fused-ring (bicyclic) bond motifs is 7. The molecule has 0 aromatic rings. The van der Waals surface area contributed by atoms with Gasteiger partial charge < -0.3 is 0 Å². The molecular formula is C31H42N2O2S. The molecule has 4 nitrogen and oxygen atoms in total. The lowest BCUT2D eigenvalue weighted by molar-refractivity contribution is -0.138. The van der Waals surface area contributed by atoms with Crippen molar-refractivity contribution in [2.45, 2.75) is 103 Å². The zero-order chi connectivity index (χ0) is 25.7. The summed E-state index contributed by atoms with van der Waals surface area (Å²) in [5, 5.41) is 10.5. The minimum Gasteiger partial charge on any atom is -0.295 e. The maximum Gasteiger partial charge on any atom is 0.176 e. The zero-order valence-corrected chi connectivity index (χ0v) is 23.5. The summed E-state index contributed by atoms with van der Waals surface area (Å²) >= 11 is 1.96. The van der Waals surface area contributed by atoms with Crippen LogP contribution in [0.2, 0.25) is 0 Å². The Hall–Kier alpha value is -1.38. The Balaban J connectivity index is 1.42. The quantitative estimate of drug-likeness (QED) is 0.438. The van der Waals surface area contributed by atoms with Gasteiger partial charge in [-0.3, -0.25) is 14.3 Å². The van der Waals surface area contributed by atoms with Gasteiger partial charge in [0.1, 0.15) is 6.07 Å². The highest BCUT2D eigenvalue weighted by atomic mass is 32.2. The van der Waals surface area contributed by atoms with Gasteiger partial charge >= 0.3 is 0 Å². The Kier molecular flexibility index (Phi) is 5.58. The van der Waals surface area contributed by atoms with E-state index in [1.165, 1.54) is 31.3 Å². The topological polar surface area (TPSA) is 70.0 Å². The van der Waals surface area contributed by atoms with Crippen molar-refractivity contribution in [2.75, 3.05) is 0 Å². The van der Waals surface area contributed by atoms with Gasteiger partial charge in [0.05, 0.1) is 5.57 Å². The van der Waals surface area contributed by atoms with Crippen LogP contribution in [0.25, 0.3) is 0 Å². The number of carbonyl (C=O) groups excluding carboxylic acids is 2. The fourth-order valence-electron chi connectivity index (χ4n) is 9.46. The van der Waals surface area contributed by atoms with E-state index in [0.29, 0.717) is 23.2 Å². The van der Waals surface area contributed by atoms with Crippen molar-refractivity contribution < 1.29 is 9.59 Å². The minimum atomic E-state index is -0.396. The molecular weight excluding hydrogens is 464 g/mol. The van der Waals surface area contributed by atoms with Crippen molar-refractivity contribution >= 4 is 23.5 Å². The van der Waals surface area contributed by atoms with Gasteiger partial charge in [-0.2, -0.15) is 5.26 Å². The van der Waals surface area contributed by atoms with Crippen molar-refractivity contribution in [3.8, 4) is 6.07 Å². The van der Waals surface area contributed by atoms with Crippen LogP contribution in [0.5, 0.6) is 0 Å². The monoisotopic (exact) mass is 506 g/mol. The highest BCUT2D eigenvalue weighted by molar-refractivity contribution is 7.98. The number of hydrogen-bond acceptors (Lipinski definition) is 5. The molecule has 0 radical (unpaired) electrons. The summed E-state index contributed by atoms with van der Waals surface area (Å²) in [5.74, 6) is 1.08. The van der Waals surface area contributed by atoms with Crippen molar-refractivity contribution in [1.82, 2.24) is 4.72 Å². The Morgan fingerprint density at radius 1 is 0.972 bits per heavy atom. The van der Waals surface area contributed by atoms with E-state index in [0.717, 1.165) is 37.4 Å². The van der Waals surface area contributed by atoms with E-state index in [1.807, 2.05) is 31.0 Å². The predicted octanol–water partition coefficient (Wildman–Crippen LogP) is 6.58. The summed E-state index contributed by atoms with van der Waals surface area (Å²) in [6.07, 6.45) is 14.4. The molecule has 0 aliphatic heterocycles. The molecule has 0 heterocycles. The summed E-state index contributed by atoms with van der Waals surface area (Å²) in [4.78, 5) is 27.1. The predicted molar refractivity (Wildman–Crippen MR) is 144 cm³/mol. The van der Waals surface area contributed by atoms with Crippen molar-refractivity contribution in [3.05, 3.63) is 23.3 Å². The number of nitrogens with zero attached hydrogens (tertiary/aromatic N) is 1. The molecule has 194 valence electrons. The van der Waals surface area contributed by atoms with Crippen LogP contribution < -0.4 is 4.72 Å². The molecule has 0 amide bonds. The molecule has 0 spiro atoms. The standard InChI is InChI=1S/C31H42N2O2S/c1-18-21-8-10-29(4)22-9-11-31(33-36-20-6-7-20)13-12-28(2,3)16-23(31)26(22)24(34)14-25(29)30(21,5)15-19(17-32)27(18)35/h14-15,18,20-23,26,33H,6-13,16H2,1-5H3. The van der Waals surface area contributed by atoms with Crippen LogP contribution in [0.1, 0.15) is 92.4 Å². The average molecular weight is 507 g/mol. The molecule has 6 aliphatic rings. The summed E-state index contributed by atoms with van der Waals surface area (Å²) in [5.41, 5.74) is 1.39. The van der Waals surface area contributed by atoms with Gasteiger partial charge in [0.25, 0.3) is 0 Å². The summed E-state index contributed by atoms with van der Waals surface area (Å²) < 4.78 is 4.01. The number of nitriles is 1. The van der Waals surface area contributed by atoms with Crippen LogP contribution in [0.15, 0.2) is 23.3 Å². The van der Waals surface area contributed by atoms with Gasteiger partial charge in [-0.05, 0) is 92.4 Å². The number of hydrogen-bond donors (Lipinski definition) is 1. The molecule has 4 fully saturated rings. The lowest BCUT2D eigenvalue weighted by atomic mass is 9.40. The molecule has 4 saturated carbocycles. The van der Waals surface area contributed by atoms with E-state index >= 15 is 0 Å². The minimum absolute atomic E-state index is 0.0182. The highest BCUT2D eigenvalue weighted by Gasteiger charge is 2.64. The maximum atomic E-state index is 14.2. The second kappa shape index (κ2) is 8.06. The van der Waals surface area contributed by atoms with Gasteiger partial charge in [0, 0.05) is 28.0 Å². The van der Waals surface area contributed by atoms with E-state index in [-0.39, 0.29) is 39.9 Å². The summed E-state index contributed by atoms with van der Waals surface area (Å²) in [6, 6.07) is 2.19. The van der Waals surface area contributed by atoms with E-state index in [1.54, 1.807) is 0 Å². The molecule has 8 atom stereocenters. The molecule has 6 rings (SSSR count). The van der Waals surface area contributed by atoms with Crippen LogP contribution in [0.3, 0.4) is 0 Å². The van der Waals surface area contributed by atoms with Gasteiger partial charge in [-0.15, -0.1) is 0 Å². The van der Waals surface area contributed by atoms with Gasteiger partial charge in [-0.25, -0.2) is 0 Å². The van der Waals surface area contributed by atoms with Gasteiger partial charge in [0.2, 0.25) is 0 Å². The second-order valence-electron chi connectivity index (χ2n) is 14.3.